The molecule has 76 heavy (non-hydrogen) atoms. The normalized spacial score (nSPS) is 11.2. The van der Waals surface area contributed by atoms with Gasteiger partial charge in [0.1, 0.15) is 6.04 Å². The van der Waals surface area contributed by atoms with Crippen molar-refractivity contribution < 1.29 is 48.7 Å². The Kier molecular flexibility index (Phi) is 55.3. The Morgan fingerprint density at radius 3 is 1.05 bits per heavy atom. The van der Waals surface area contributed by atoms with Gasteiger partial charge in [-0.2, -0.15) is 0 Å². The van der Waals surface area contributed by atoms with Crippen molar-refractivity contribution in [3.05, 3.63) is 0 Å². The molecule has 0 aromatic carbocycles. The summed E-state index contributed by atoms with van der Waals surface area (Å²) in [6.07, 6.45) is 45.5. The molecule has 4 N–H and O–H groups in total. The molecule has 0 rings (SSSR count). The number of carbonyl (C=O) groups excluding carboxylic acids is 1. The van der Waals surface area contributed by atoms with E-state index in [1.165, 1.54) is 167 Å². The molecule has 1 atom stereocenters. The van der Waals surface area contributed by atoms with Gasteiger partial charge in [-0.15, -0.1) is 0 Å². The van der Waals surface area contributed by atoms with E-state index in [0.717, 1.165) is 81.9 Å². The van der Waals surface area contributed by atoms with Gasteiger partial charge in [0.05, 0.1) is 26.3 Å². The molecule has 1 amide bonds. The minimum absolute atomic E-state index is 0.0204. The third-order valence-electron chi connectivity index (χ3n) is 13.4. The second kappa shape index (κ2) is 58.5. The summed E-state index contributed by atoms with van der Waals surface area (Å²) in [5, 5.41) is 30.7. The first-order chi connectivity index (χ1) is 37.2. The fraction of sp³-hybridized carbons (Fsp3) is 0.812. The Bertz CT molecular complexity index is 1560. The second-order valence-electron chi connectivity index (χ2n) is 20.7. The lowest BCUT2D eigenvalue weighted by molar-refractivity contribution is -0.149. The van der Waals surface area contributed by atoms with Crippen molar-refractivity contribution in [3.63, 3.8) is 0 Å². The highest BCUT2D eigenvalue weighted by Crippen LogP contribution is 2.15. The fourth-order valence-corrected chi connectivity index (χ4v) is 8.91. The van der Waals surface area contributed by atoms with Crippen LogP contribution in [-0.4, -0.2) is 102 Å². The van der Waals surface area contributed by atoms with Crippen LogP contribution < -0.4 is 5.32 Å². The Morgan fingerprint density at radius 2 is 0.737 bits per heavy atom. The van der Waals surface area contributed by atoms with Gasteiger partial charge in [-0.25, -0.2) is 4.79 Å². The fourth-order valence-electron chi connectivity index (χ4n) is 8.91. The summed E-state index contributed by atoms with van der Waals surface area (Å²) < 4.78 is 17.6. The summed E-state index contributed by atoms with van der Waals surface area (Å²) in [4.78, 5) is 48.0. The Labute approximate surface area is 463 Å². The lowest BCUT2D eigenvalue weighted by atomic mass is 10.1. The zero-order chi connectivity index (χ0) is 55.5. The number of unbranched alkanes of at least 4 members (excludes halogenated alkanes) is 35. The summed E-state index contributed by atoms with van der Waals surface area (Å²) in [6, 6.07) is -1.28. The number of aliphatic carboxylic acids is 3. The van der Waals surface area contributed by atoms with Crippen LogP contribution in [0.1, 0.15) is 277 Å². The first kappa shape index (κ1) is 71.8. The molecule has 0 aromatic rings. The highest BCUT2D eigenvalue weighted by atomic mass is 16.6. The molecule has 0 aromatic heterocycles. The molecular formula is C64H108N2O10. The van der Waals surface area contributed by atoms with E-state index in [9.17, 15) is 24.3 Å². The molecule has 0 fully saturated rings. The summed E-state index contributed by atoms with van der Waals surface area (Å²) in [6.45, 7) is 4.84. The highest BCUT2D eigenvalue weighted by molar-refractivity contribution is 5.78. The van der Waals surface area contributed by atoms with Gasteiger partial charge in [-0.3, -0.25) is 19.3 Å². The van der Waals surface area contributed by atoms with Crippen molar-refractivity contribution in [2.45, 2.75) is 289 Å². The molecule has 0 heterocycles. The SMILES string of the molecule is CCCCCCCCCCCCC#CC#CCCCCCCCCCOCC(COCCCCCCCCCC#CC#CCCCCCCCCCCCC)OC(=O)NCCCCC(C(=O)O)N(CC(=O)O)CC(=O)O. The van der Waals surface area contributed by atoms with Gasteiger partial charge >= 0.3 is 24.0 Å². The van der Waals surface area contributed by atoms with Crippen LogP contribution in [0, 0.1) is 47.4 Å². The number of nitrogens with one attached hydrogen (secondary N) is 1. The third-order valence-corrected chi connectivity index (χ3v) is 13.4. The summed E-state index contributed by atoms with van der Waals surface area (Å²) in [5.41, 5.74) is 0. The molecule has 0 aliphatic rings. The molecule has 0 aliphatic heterocycles. The predicted molar refractivity (Wildman–Crippen MR) is 310 cm³/mol. The van der Waals surface area contributed by atoms with E-state index in [1.54, 1.807) is 0 Å². The van der Waals surface area contributed by atoms with Crippen LogP contribution in [0.3, 0.4) is 0 Å². The standard InChI is InChI=1S/C64H108N2O10/c1-3-5-7-9-11-13-15-17-19-21-23-25-27-29-31-33-35-37-39-41-43-45-49-53-74-57-59(76-64(73)65-52-48-47-51-60(63(71)72)66(55-61(67)68)56-62(69)70)58-75-54-50-46-44-42-40-38-36-34-32-30-28-26-24-22-20-18-16-14-12-10-8-6-4-2/h59-60H,3-24,33-58H2,1-2H3,(H,65,73)(H,67,68)(H,69,70)(H,71,72). The molecule has 0 saturated carbocycles. The van der Waals surface area contributed by atoms with Gasteiger partial charge in [-0.05, 0) is 81.5 Å². The number of carboxylic acid groups (broad SMARTS) is 3. The molecule has 1 unspecified atom stereocenters. The maximum absolute atomic E-state index is 12.8. The Hall–Kier alpha value is -4.20. The highest BCUT2D eigenvalue weighted by Gasteiger charge is 2.28. The maximum Gasteiger partial charge on any atom is 0.407 e. The van der Waals surface area contributed by atoms with Crippen LogP contribution in [0.4, 0.5) is 4.79 Å². The van der Waals surface area contributed by atoms with E-state index in [1.807, 2.05) is 0 Å². The Balaban J connectivity index is 4.45. The van der Waals surface area contributed by atoms with Crippen LogP contribution in [0.2, 0.25) is 0 Å². The van der Waals surface area contributed by atoms with Gasteiger partial charge in [0.15, 0.2) is 6.10 Å². The van der Waals surface area contributed by atoms with E-state index in [0.29, 0.717) is 26.1 Å². The van der Waals surface area contributed by atoms with E-state index in [2.05, 4.69) is 66.5 Å². The average molecular weight is 1070 g/mol. The molecule has 0 radical (unpaired) electrons. The zero-order valence-corrected chi connectivity index (χ0v) is 48.2. The lowest BCUT2D eigenvalue weighted by Crippen LogP contribution is -2.46. The number of ether oxygens (including phenoxy) is 3. The van der Waals surface area contributed by atoms with E-state index < -0.39 is 49.2 Å². The predicted octanol–water partition coefficient (Wildman–Crippen LogP) is 15.1. The van der Waals surface area contributed by atoms with Gasteiger partial charge in [0.2, 0.25) is 0 Å². The topological polar surface area (TPSA) is 172 Å². The molecule has 0 bridgehead atoms. The first-order valence-electron chi connectivity index (χ1n) is 30.6. The first-order valence-corrected chi connectivity index (χ1v) is 30.6. The van der Waals surface area contributed by atoms with Crippen molar-refractivity contribution in [2.24, 2.45) is 0 Å². The van der Waals surface area contributed by atoms with E-state index >= 15 is 0 Å². The minimum atomic E-state index is -1.32. The number of hydrogen-bond acceptors (Lipinski definition) is 8. The van der Waals surface area contributed by atoms with Crippen molar-refractivity contribution in [2.75, 3.05) is 46.1 Å². The molecule has 0 saturated heterocycles. The number of carbonyl (C=O) groups is 4. The molecule has 12 heteroatoms. The van der Waals surface area contributed by atoms with E-state index in [4.69, 9.17) is 24.4 Å². The summed E-state index contributed by atoms with van der Waals surface area (Å²) in [5.74, 6) is 21.0. The molecule has 12 nitrogen and oxygen atoms in total. The number of amides is 1. The minimum Gasteiger partial charge on any atom is -0.480 e. The van der Waals surface area contributed by atoms with Crippen LogP contribution in [0.15, 0.2) is 0 Å². The number of hydrogen-bond donors (Lipinski definition) is 4. The van der Waals surface area contributed by atoms with Gasteiger partial charge in [0, 0.05) is 45.4 Å². The van der Waals surface area contributed by atoms with Crippen LogP contribution in [-0.2, 0) is 28.6 Å². The van der Waals surface area contributed by atoms with Crippen molar-refractivity contribution >= 4 is 24.0 Å². The monoisotopic (exact) mass is 1060 g/mol. The second-order valence-corrected chi connectivity index (χ2v) is 20.7. The summed E-state index contributed by atoms with van der Waals surface area (Å²) >= 11 is 0. The van der Waals surface area contributed by atoms with Crippen molar-refractivity contribution in [1.29, 1.82) is 0 Å². The summed E-state index contributed by atoms with van der Waals surface area (Å²) in [7, 11) is 0. The van der Waals surface area contributed by atoms with Gasteiger partial charge < -0.3 is 34.8 Å². The van der Waals surface area contributed by atoms with E-state index in [-0.39, 0.29) is 26.2 Å². The Morgan fingerprint density at radius 1 is 0.421 bits per heavy atom. The number of carboxylic acids is 3. The molecule has 434 valence electrons. The zero-order valence-electron chi connectivity index (χ0n) is 48.2. The van der Waals surface area contributed by atoms with Crippen LogP contribution in [0.5, 0.6) is 0 Å². The molecule has 0 aliphatic carbocycles. The molecule has 0 spiro atoms. The smallest absolute Gasteiger partial charge is 0.407 e. The van der Waals surface area contributed by atoms with Crippen molar-refractivity contribution in [1.82, 2.24) is 10.2 Å². The van der Waals surface area contributed by atoms with Gasteiger partial charge in [-0.1, -0.05) is 217 Å². The van der Waals surface area contributed by atoms with Crippen LogP contribution >= 0.6 is 0 Å². The number of nitrogens with zero attached hydrogens (tertiary/aromatic N) is 1. The number of alkyl carbamates (subject to hydrolysis) is 1. The lowest BCUT2D eigenvalue weighted by Gasteiger charge is -2.25. The quantitative estimate of drug-likeness (QED) is 0.0337. The number of rotatable bonds is 54. The third kappa shape index (κ3) is 54.6. The van der Waals surface area contributed by atoms with Gasteiger partial charge in [0.25, 0.3) is 0 Å². The average Bonchev–Trinajstić information content (AvgIpc) is 3.38. The largest absolute Gasteiger partial charge is 0.480 e. The van der Waals surface area contributed by atoms with Crippen molar-refractivity contribution in [3.8, 4) is 47.4 Å². The maximum atomic E-state index is 12.8. The van der Waals surface area contributed by atoms with Crippen LogP contribution in [0.25, 0.3) is 0 Å². The molecular weight excluding hydrogens is 957 g/mol.